The van der Waals surface area contributed by atoms with Gasteiger partial charge >= 0.3 is 6.09 Å². The zero-order chi connectivity index (χ0) is 105. The quantitative estimate of drug-likeness (QED) is 0.0125. The van der Waals surface area contributed by atoms with Gasteiger partial charge in [-0.2, -0.15) is 5.10 Å². The zero-order valence-electron chi connectivity index (χ0n) is 88.8. The summed E-state index contributed by atoms with van der Waals surface area (Å²) in [6, 6.07) is 64.1. The standard InChI is InChI=1S/C24H42N4O4S.C23H33N3O2S.C19H23N3.C15H26N4.C14H20N4.3C4H10O2S.2ClH/c1-23(2,3)32-22(29)27-20-14-17-28(18-20)21-12-10-19(11-13-21)25-15-8-7-9-16-26-33(30,31)24(4,5)6;1-23(2,3)29(27,28)25-17-8-4-7-16-24-20-11-13-21(14-12-20)26-18-15-19-9-5-6-10-22(19)26;20-13-4-1-5-14-21-17-8-10-18(11-9-17)22-15-12-16-6-2-3-7-19(16)22;16-9-2-1-3-10-18-14-4-6-15(7-5-14)19-11-8-13(17)12-19;15-9-2-1-3-10-16-13-5-7-14(8-6-13)18-12-4-11-17-18;3*1-4(2,3)7(5)6;;/h10-13,20,25-26H,7-9,14-18H2,1-6H3,(H,27,29);5-6,9-14,24-25H,4,7-8,15-18H2,1-3H3;2-3,6-12,15,21H,1,4-5,13-14,20H2;4-7,13,18H,1-3,8-12,16-17H2;4-8,11-12,16H,1-3,9-10,15H2;3*1-3H3,(H,5,6);2*1H/p-3. The van der Waals surface area contributed by atoms with E-state index in [9.17, 15) is 47.9 Å². The maximum atomic E-state index is 12.0. The number of carbonyl (C=O) groups excluding carboxylic acids is 1. The molecule has 30 nitrogen and oxygen atoms in total. The smallest absolute Gasteiger partial charge is 0.407 e. The summed E-state index contributed by atoms with van der Waals surface area (Å²) >= 11 is -5.80. The predicted molar refractivity (Wildman–Crippen MR) is 611 cm³/mol. The molecule has 2 fully saturated rings. The van der Waals surface area contributed by atoms with Gasteiger partial charge in [0, 0.05) is 174 Å². The van der Waals surface area contributed by atoms with Crippen LogP contribution >= 0.6 is 24.8 Å². The Labute approximate surface area is 883 Å². The van der Waals surface area contributed by atoms with Gasteiger partial charge in [-0.15, -0.1) is 24.8 Å². The monoisotopic (exact) mass is 2130 g/mol. The number of alkyl carbamates (subject to hydrolysis) is 1. The number of unbranched alkanes of at least 4 members (excludes halogenated alkanes) is 10. The largest absolute Gasteiger partial charge is 0.772 e. The fourth-order valence-electron chi connectivity index (χ4n) is 14.0. The number of rotatable bonds is 40. The van der Waals surface area contributed by atoms with Gasteiger partial charge in [-0.05, 0) is 418 Å². The molecule has 2 aromatic heterocycles. The van der Waals surface area contributed by atoms with Gasteiger partial charge in [0.05, 0.1) is 26.7 Å². The second-order valence-electron chi connectivity index (χ2n) is 41.4. The molecule has 2 saturated heterocycles. The third-order valence-corrected chi connectivity index (χ3v) is 30.1. The van der Waals surface area contributed by atoms with Crippen molar-refractivity contribution in [3.8, 4) is 11.4 Å². The molecule has 0 bridgehead atoms. The topological polar surface area (TPSA) is 448 Å². The number of hydrogen-bond acceptors (Lipinski definition) is 25. The number of nitrogens with zero attached hydrogens (tertiary/aromatic N) is 6. The number of carbonyl (C=O) groups is 1. The van der Waals surface area contributed by atoms with Crippen LogP contribution in [0.3, 0.4) is 0 Å². The van der Waals surface area contributed by atoms with E-state index in [0.29, 0.717) is 19.1 Å². The van der Waals surface area contributed by atoms with E-state index < -0.39 is 82.6 Å². The van der Waals surface area contributed by atoms with Crippen molar-refractivity contribution >= 4 is 146 Å². The van der Waals surface area contributed by atoms with Crippen molar-refractivity contribution in [3.63, 3.8) is 0 Å². The van der Waals surface area contributed by atoms with E-state index in [1.165, 1.54) is 82.7 Å². The molecule has 3 aliphatic heterocycles. The number of hydrogen-bond donors (Lipinski definition) is 12. The number of anilines is 9. The van der Waals surface area contributed by atoms with E-state index in [-0.39, 0.29) is 36.9 Å². The summed E-state index contributed by atoms with van der Waals surface area (Å²) < 4.78 is 120. The molecule has 5 atom stereocenters. The molecule has 5 unspecified atom stereocenters. The Hall–Kier alpha value is -8.47. The molecule has 5 heterocycles. The minimum absolute atomic E-state index is 0. The molecule has 9 aromatic rings. The highest BCUT2D eigenvalue weighted by molar-refractivity contribution is 7.91. The van der Waals surface area contributed by atoms with Crippen molar-refractivity contribution in [2.45, 2.75) is 282 Å². The number of amides is 1. The molecule has 0 aliphatic carbocycles. The van der Waals surface area contributed by atoms with Crippen LogP contribution in [0, 0.1) is 0 Å². The number of halogens is 2. The van der Waals surface area contributed by atoms with E-state index in [4.69, 9.17) is 27.7 Å². The summed E-state index contributed by atoms with van der Waals surface area (Å²) in [5, 5.41) is 25.6. The highest BCUT2D eigenvalue weighted by atomic mass is 35.5. The first-order valence-electron chi connectivity index (χ1n) is 50.2. The molecule has 37 heteroatoms. The second kappa shape index (κ2) is 66.1. The Balaban J connectivity index is 0.000000443. The maximum Gasteiger partial charge on any atom is 0.407 e. The lowest BCUT2D eigenvalue weighted by Gasteiger charge is -2.22. The summed E-state index contributed by atoms with van der Waals surface area (Å²) in [5.41, 5.74) is 37.5. The highest BCUT2D eigenvalue weighted by Gasteiger charge is 2.31. The Morgan fingerprint density at radius 2 is 0.757 bits per heavy atom. The fourth-order valence-corrected chi connectivity index (χ4v) is 15.6. The summed E-state index contributed by atoms with van der Waals surface area (Å²) in [5.74, 6) is 0. The average Bonchev–Trinajstić information content (AvgIpc) is 1.66. The van der Waals surface area contributed by atoms with E-state index in [2.05, 4.69) is 248 Å². The van der Waals surface area contributed by atoms with Crippen molar-refractivity contribution < 1.29 is 52.7 Å². The number of aromatic nitrogens is 3. The van der Waals surface area contributed by atoms with Crippen LogP contribution in [-0.4, -0.2) is 203 Å². The number of para-hydroxylation sites is 2. The average molecular weight is 2130 g/mol. The first kappa shape index (κ1) is 130. The lowest BCUT2D eigenvalue weighted by atomic mass is 10.2. The number of benzene rings is 7. The van der Waals surface area contributed by atoms with Crippen molar-refractivity contribution in [2.24, 2.45) is 22.9 Å². The molecule has 3 aliphatic rings. The molecular formula is C107H173Cl2N18O12S5-3. The van der Waals surface area contributed by atoms with Crippen LogP contribution in [-0.2, 0) is 64.4 Å². The first-order chi connectivity index (χ1) is 66.9. The minimum Gasteiger partial charge on any atom is -0.772 e. The van der Waals surface area contributed by atoms with E-state index in [0.717, 1.165) is 197 Å². The zero-order valence-corrected chi connectivity index (χ0v) is 94.5. The van der Waals surface area contributed by atoms with Crippen LogP contribution in [0.15, 0.2) is 201 Å². The number of sulfonamides is 2. The van der Waals surface area contributed by atoms with E-state index in [1.807, 2.05) is 37.7 Å². The van der Waals surface area contributed by atoms with Crippen LogP contribution in [0.25, 0.3) is 22.3 Å². The molecule has 12 rings (SSSR count). The molecule has 0 saturated carbocycles. The molecule has 7 aromatic carbocycles. The number of fused-ring (bicyclic) bond motifs is 2. The number of nitrogens with two attached hydrogens (primary N) is 4. The van der Waals surface area contributed by atoms with Gasteiger partial charge in [0.1, 0.15) is 5.60 Å². The van der Waals surface area contributed by atoms with E-state index in [1.54, 1.807) is 110 Å². The van der Waals surface area contributed by atoms with Crippen LogP contribution in [0.1, 0.15) is 239 Å². The van der Waals surface area contributed by atoms with Crippen LogP contribution in [0.4, 0.5) is 56.0 Å². The Kier molecular flexibility index (Phi) is 59.5. The summed E-state index contributed by atoms with van der Waals surface area (Å²) in [6.45, 7) is 43.6. The van der Waals surface area contributed by atoms with Crippen LogP contribution in [0.2, 0.25) is 0 Å². The Morgan fingerprint density at radius 1 is 0.410 bits per heavy atom. The van der Waals surface area contributed by atoms with Gasteiger partial charge in [-0.25, -0.2) is 35.8 Å². The fraction of sp³-hybridized carbons (Fsp3) is 0.551. The van der Waals surface area contributed by atoms with Gasteiger partial charge in [-0.3, -0.25) is 12.6 Å². The Morgan fingerprint density at radius 3 is 1.12 bits per heavy atom. The summed E-state index contributed by atoms with van der Waals surface area (Å²) in [4.78, 5) is 19.0. The summed E-state index contributed by atoms with van der Waals surface area (Å²) in [7, 11) is -6.49. The Bertz CT molecular complexity index is 5270. The van der Waals surface area contributed by atoms with Gasteiger partial charge in [0.25, 0.3) is 0 Å². The molecule has 0 radical (unpaired) electrons. The maximum absolute atomic E-state index is 12.0. The number of nitrogens with one attached hydrogen (secondary N) is 8. The molecule has 810 valence electrons. The van der Waals surface area contributed by atoms with Gasteiger partial charge in [0.15, 0.2) is 0 Å². The van der Waals surface area contributed by atoms with Gasteiger partial charge in [-0.1, -0.05) is 68.5 Å². The lowest BCUT2D eigenvalue weighted by molar-refractivity contribution is 0.0508. The molecule has 0 spiro atoms. The minimum atomic E-state index is -3.26. The highest BCUT2D eigenvalue weighted by Crippen LogP contribution is 2.35. The van der Waals surface area contributed by atoms with Gasteiger partial charge in [0.2, 0.25) is 20.0 Å². The predicted octanol–water partition coefficient (Wildman–Crippen LogP) is 20.0. The third-order valence-electron chi connectivity index (χ3n) is 22.7. The lowest BCUT2D eigenvalue weighted by Crippen LogP contribution is -2.40. The third kappa shape index (κ3) is 51.0. The molecule has 1 amide bonds. The van der Waals surface area contributed by atoms with Gasteiger partial charge < -0.3 is 92.5 Å². The van der Waals surface area contributed by atoms with Crippen LogP contribution < -0.4 is 79.0 Å². The molecular weight excluding hydrogens is 1960 g/mol. The first-order valence-corrected chi connectivity index (χ1v) is 56.4. The van der Waals surface area contributed by atoms with Crippen molar-refractivity contribution in [3.05, 3.63) is 206 Å². The number of ether oxygens (including phenoxy) is 1. The van der Waals surface area contributed by atoms with Crippen LogP contribution in [0.5, 0.6) is 0 Å². The molecule has 144 heavy (non-hydrogen) atoms. The van der Waals surface area contributed by atoms with E-state index >= 15 is 0 Å². The van der Waals surface area contributed by atoms with Crippen molar-refractivity contribution in [2.75, 3.05) is 139 Å². The van der Waals surface area contributed by atoms with Crippen molar-refractivity contribution in [1.29, 1.82) is 0 Å². The SMILES string of the molecule is CC(C)(C)OC(=O)NC1CCN(c2ccc(NCCCCCNS(=O)(=O)C(C)(C)C)cc2)C1.CC(C)(C)S(=O)(=O)NCCCCCNc1ccc(N2CCc3ccccc32)cc1.CC(C)(C)S(=O)[O-].CC(C)(C)S(=O)[O-].CC(C)(C)S(=O)[O-].Cl.Cl.NCCCCCNc1ccc(-n2ccc3ccccc32)cc1.NCCCCCNc1ccc(-n2cccn2)cc1.NCCCCCNc1ccc(N2CCC(N)C2)cc1. The normalized spacial score (nSPS) is 14.7. The second-order valence-corrected chi connectivity index (χ2v) is 51.5. The molecule has 16 N–H and O–H groups in total. The summed E-state index contributed by atoms with van der Waals surface area (Å²) in [6.07, 6.45) is 24.6. The van der Waals surface area contributed by atoms with Crippen molar-refractivity contribution in [1.82, 2.24) is 29.1 Å².